The van der Waals surface area contributed by atoms with E-state index in [2.05, 4.69) is 28.2 Å². The molecule has 18 heavy (non-hydrogen) atoms. The van der Waals surface area contributed by atoms with Crippen molar-refractivity contribution >= 4 is 21.6 Å². The lowest BCUT2D eigenvalue weighted by Gasteiger charge is -2.08. The van der Waals surface area contributed by atoms with E-state index in [0.29, 0.717) is 0 Å². The molecule has 0 bridgehead atoms. The van der Waals surface area contributed by atoms with Crippen molar-refractivity contribution in [1.82, 2.24) is 0 Å². The second-order valence-corrected chi connectivity index (χ2v) is 5.53. The molecular formula is C15H23BrFN. The van der Waals surface area contributed by atoms with Crippen LogP contribution in [0, 0.1) is 5.82 Å². The molecule has 1 aromatic carbocycles. The molecule has 0 radical (unpaired) electrons. The van der Waals surface area contributed by atoms with Crippen LogP contribution in [-0.4, -0.2) is 6.54 Å². The van der Waals surface area contributed by atoms with E-state index in [1.165, 1.54) is 57.1 Å². The highest BCUT2D eigenvalue weighted by Gasteiger charge is 2.00. The number of hydrogen-bond acceptors (Lipinski definition) is 1. The summed E-state index contributed by atoms with van der Waals surface area (Å²) in [5.74, 6) is -0.205. The lowest BCUT2D eigenvalue weighted by Crippen LogP contribution is -2.02. The first-order valence-corrected chi connectivity index (χ1v) is 7.72. The number of nitrogens with one attached hydrogen (secondary N) is 1. The molecule has 0 amide bonds. The van der Waals surface area contributed by atoms with Crippen molar-refractivity contribution < 1.29 is 4.39 Å². The third kappa shape index (κ3) is 6.39. The molecule has 0 aliphatic rings. The Balaban J connectivity index is 2.07. The largest absolute Gasteiger partial charge is 0.384 e. The van der Waals surface area contributed by atoms with Crippen LogP contribution >= 0.6 is 15.9 Å². The minimum atomic E-state index is -0.205. The third-order valence-electron chi connectivity index (χ3n) is 3.03. The fourth-order valence-corrected chi connectivity index (χ4v) is 2.43. The molecule has 0 fully saturated rings. The summed E-state index contributed by atoms with van der Waals surface area (Å²) in [6.45, 7) is 3.20. The van der Waals surface area contributed by atoms with Crippen LogP contribution in [-0.2, 0) is 0 Å². The van der Waals surface area contributed by atoms with E-state index in [0.717, 1.165) is 16.7 Å². The van der Waals surface area contributed by atoms with Gasteiger partial charge in [0.15, 0.2) is 0 Å². The highest BCUT2D eigenvalue weighted by molar-refractivity contribution is 9.10. The van der Waals surface area contributed by atoms with E-state index in [1.807, 2.05) is 0 Å². The van der Waals surface area contributed by atoms with E-state index >= 15 is 0 Å². The Morgan fingerprint density at radius 3 is 2.39 bits per heavy atom. The first-order valence-electron chi connectivity index (χ1n) is 6.93. The fraction of sp³-hybridized carbons (Fsp3) is 0.600. The Kier molecular flexibility index (Phi) is 8.06. The van der Waals surface area contributed by atoms with Gasteiger partial charge in [0.2, 0.25) is 0 Å². The van der Waals surface area contributed by atoms with Crippen molar-refractivity contribution in [3.63, 3.8) is 0 Å². The topological polar surface area (TPSA) is 12.0 Å². The van der Waals surface area contributed by atoms with Crippen molar-refractivity contribution in [2.45, 2.75) is 51.9 Å². The monoisotopic (exact) mass is 315 g/mol. The molecule has 0 heterocycles. The summed E-state index contributed by atoms with van der Waals surface area (Å²) in [6.07, 6.45) is 9.17. The summed E-state index contributed by atoms with van der Waals surface area (Å²) in [5.41, 5.74) is 0.974. The van der Waals surface area contributed by atoms with Gasteiger partial charge in [-0.05, 0) is 40.5 Å². The molecule has 0 aromatic heterocycles. The highest BCUT2D eigenvalue weighted by Crippen LogP contribution is 2.23. The number of hydrogen-bond donors (Lipinski definition) is 1. The molecule has 3 heteroatoms. The Morgan fingerprint density at radius 1 is 1.06 bits per heavy atom. The highest BCUT2D eigenvalue weighted by atomic mass is 79.9. The van der Waals surface area contributed by atoms with Gasteiger partial charge in [0.1, 0.15) is 5.82 Å². The van der Waals surface area contributed by atoms with Crippen molar-refractivity contribution in [1.29, 1.82) is 0 Å². The number of anilines is 1. The van der Waals surface area contributed by atoms with Gasteiger partial charge in [-0.25, -0.2) is 4.39 Å². The molecule has 1 aromatic rings. The van der Waals surface area contributed by atoms with Crippen molar-refractivity contribution in [3.05, 3.63) is 28.5 Å². The van der Waals surface area contributed by atoms with Crippen LogP contribution in [0.4, 0.5) is 10.1 Å². The zero-order chi connectivity index (χ0) is 13.2. The SMILES string of the molecule is CCCCCCCCCNc1ccc(F)cc1Br. The van der Waals surface area contributed by atoms with Crippen LogP contribution < -0.4 is 5.32 Å². The van der Waals surface area contributed by atoms with Gasteiger partial charge in [-0.3, -0.25) is 0 Å². The molecule has 0 spiro atoms. The second-order valence-electron chi connectivity index (χ2n) is 4.67. The Labute approximate surface area is 118 Å². The van der Waals surface area contributed by atoms with E-state index < -0.39 is 0 Å². The van der Waals surface area contributed by atoms with Crippen molar-refractivity contribution in [2.75, 3.05) is 11.9 Å². The summed E-state index contributed by atoms with van der Waals surface area (Å²) in [7, 11) is 0. The molecule has 102 valence electrons. The summed E-state index contributed by atoms with van der Waals surface area (Å²) in [5, 5.41) is 3.33. The number of unbranched alkanes of at least 4 members (excludes halogenated alkanes) is 6. The Morgan fingerprint density at radius 2 is 1.72 bits per heavy atom. The van der Waals surface area contributed by atoms with Gasteiger partial charge in [-0.15, -0.1) is 0 Å². The van der Waals surface area contributed by atoms with E-state index in [9.17, 15) is 4.39 Å². The van der Waals surface area contributed by atoms with E-state index in [1.54, 1.807) is 6.07 Å². The van der Waals surface area contributed by atoms with Gasteiger partial charge in [0.25, 0.3) is 0 Å². The van der Waals surface area contributed by atoms with Gasteiger partial charge in [-0.1, -0.05) is 45.4 Å². The van der Waals surface area contributed by atoms with Gasteiger partial charge < -0.3 is 5.32 Å². The maximum atomic E-state index is 12.9. The molecule has 0 saturated carbocycles. The summed E-state index contributed by atoms with van der Waals surface area (Å²) in [6, 6.07) is 4.76. The normalized spacial score (nSPS) is 10.6. The minimum Gasteiger partial charge on any atom is -0.384 e. The van der Waals surface area contributed by atoms with Crippen LogP contribution in [0.1, 0.15) is 51.9 Å². The van der Waals surface area contributed by atoms with Gasteiger partial charge in [0, 0.05) is 16.7 Å². The molecule has 0 saturated heterocycles. The van der Waals surface area contributed by atoms with Gasteiger partial charge >= 0.3 is 0 Å². The summed E-state index contributed by atoms with van der Waals surface area (Å²) < 4.78 is 13.7. The maximum Gasteiger partial charge on any atom is 0.124 e. The zero-order valence-corrected chi connectivity index (χ0v) is 12.7. The second kappa shape index (κ2) is 9.37. The molecule has 0 aliphatic heterocycles. The molecule has 0 unspecified atom stereocenters. The van der Waals surface area contributed by atoms with Crippen LogP contribution in [0.15, 0.2) is 22.7 Å². The first-order chi connectivity index (χ1) is 8.74. The summed E-state index contributed by atoms with van der Waals surface area (Å²) >= 11 is 3.36. The fourth-order valence-electron chi connectivity index (χ4n) is 1.94. The lowest BCUT2D eigenvalue weighted by molar-refractivity contribution is 0.596. The molecule has 0 atom stereocenters. The maximum absolute atomic E-state index is 12.9. The van der Waals surface area contributed by atoms with Gasteiger partial charge in [0.05, 0.1) is 0 Å². The molecule has 0 aliphatic carbocycles. The molecule has 1 rings (SSSR count). The predicted octanol–water partition coefficient (Wildman–Crippen LogP) is 5.75. The van der Waals surface area contributed by atoms with Crippen LogP contribution in [0.3, 0.4) is 0 Å². The Hall–Kier alpha value is -0.570. The number of benzene rings is 1. The molecule has 1 nitrogen and oxygen atoms in total. The van der Waals surface area contributed by atoms with Crippen LogP contribution in [0.5, 0.6) is 0 Å². The average molecular weight is 316 g/mol. The minimum absolute atomic E-state index is 0.205. The predicted molar refractivity (Wildman–Crippen MR) is 80.6 cm³/mol. The van der Waals surface area contributed by atoms with Crippen LogP contribution in [0.25, 0.3) is 0 Å². The number of rotatable bonds is 9. The molecular weight excluding hydrogens is 293 g/mol. The average Bonchev–Trinajstić information content (AvgIpc) is 2.35. The van der Waals surface area contributed by atoms with E-state index in [4.69, 9.17) is 0 Å². The van der Waals surface area contributed by atoms with Crippen LogP contribution in [0.2, 0.25) is 0 Å². The first kappa shape index (κ1) is 15.5. The summed E-state index contributed by atoms with van der Waals surface area (Å²) in [4.78, 5) is 0. The standard InChI is InChI=1S/C15H23BrFN/c1-2-3-4-5-6-7-8-11-18-15-10-9-13(17)12-14(15)16/h9-10,12,18H,2-8,11H2,1H3. The smallest absolute Gasteiger partial charge is 0.124 e. The third-order valence-corrected chi connectivity index (χ3v) is 3.68. The van der Waals surface area contributed by atoms with Crippen molar-refractivity contribution in [2.24, 2.45) is 0 Å². The number of halogens is 2. The zero-order valence-electron chi connectivity index (χ0n) is 11.1. The lowest BCUT2D eigenvalue weighted by atomic mass is 10.1. The van der Waals surface area contributed by atoms with Gasteiger partial charge in [-0.2, -0.15) is 0 Å². The van der Waals surface area contributed by atoms with E-state index in [-0.39, 0.29) is 5.82 Å². The molecule has 1 N–H and O–H groups in total. The van der Waals surface area contributed by atoms with Crippen molar-refractivity contribution in [3.8, 4) is 0 Å². The quantitative estimate of drug-likeness (QED) is 0.572. The Bertz CT molecular complexity index is 341.